The minimum absolute atomic E-state index is 0.321. The Hall–Kier alpha value is -1.62. The Bertz CT molecular complexity index is 565. The molecule has 0 radical (unpaired) electrons. The van der Waals surface area contributed by atoms with E-state index in [1.807, 2.05) is 0 Å². The lowest BCUT2D eigenvalue weighted by molar-refractivity contribution is -0.138. The number of unbranched alkanes of at least 4 members (excludes halogenated alkanes) is 22. The Morgan fingerprint density at radius 3 is 0.902 bits per heavy atom. The molecule has 0 spiro atoms. The van der Waals surface area contributed by atoms with E-state index in [9.17, 15) is 9.59 Å². The Kier molecular flexibility index (Phi) is 33.2. The normalized spacial score (nSPS) is 11.7. The van der Waals surface area contributed by atoms with Crippen LogP contribution in [0.1, 0.15) is 180 Å². The summed E-state index contributed by atoms with van der Waals surface area (Å²) >= 11 is 0. The molecule has 0 aliphatic rings. The zero-order valence-electron chi connectivity index (χ0n) is 26.7. The summed E-state index contributed by atoms with van der Waals surface area (Å²) in [5.74, 6) is -1.34. The van der Waals surface area contributed by atoms with Gasteiger partial charge in [-0.15, -0.1) is 0 Å². The van der Waals surface area contributed by atoms with Crippen LogP contribution in [0.3, 0.4) is 0 Å². The third-order valence-electron chi connectivity index (χ3n) is 7.80. The average Bonchev–Trinajstić information content (AvgIpc) is 2.94. The van der Waals surface area contributed by atoms with Crippen LogP contribution >= 0.6 is 0 Å². The highest BCUT2D eigenvalue weighted by atomic mass is 16.4. The molecule has 41 heavy (non-hydrogen) atoms. The van der Waals surface area contributed by atoms with Crippen LogP contribution in [0.25, 0.3) is 0 Å². The molecule has 0 amide bonds. The third-order valence-corrected chi connectivity index (χ3v) is 7.80. The van der Waals surface area contributed by atoms with E-state index in [-0.39, 0.29) is 0 Å². The van der Waals surface area contributed by atoms with Crippen LogP contribution < -0.4 is 5.32 Å². The molecule has 0 saturated carbocycles. The third kappa shape index (κ3) is 38.4. The highest BCUT2D eigenvalue weighted by Crippen LogP contribution is 2.11. The maximum atomic E-state index is 10.5. The fourth-order valence-electron chi connectivity index (χ4n) is 5.17. The van der Waals surface area contributed by atoms with E-state index in [2.05, 4.69) is 29.6 Å². The van der Waals surface area contributed by atoms with Gasteiger partial charge in [0.1, 0.15) is 0 Å². The summed E-state index contributed by atoms with van der Waals surface area (Å²) in [6, 6.07) is 0. The number of carboxylic acid groups (broad SMARTS) is 2. The van der Waals surface area contributed by atoms with Crippen molar-refractivity contribution in [2.24, 2.45) is 0 Å². The molecule has 0 heterocycles. The lowest BCUT2D eigenvalue weighted by Gasteiger charge is -2.05. The van der Waals surface area contributed by atoms with Gasteiger partial charge < -0.3 is 15.5 Å². The van der Waals surface area contributed by atoms with Crippen molar-refractivity contribution in [3.63, 3.8) is 0 Å². The second-order valence-corrected chi connectivity index (χ2v) is 11.9. The molecular weight excluding hydrogens is 510 g/mol. The predicted molar refractivity (Wildman–Crippen MR) is 176 cm³/mol. The van der Waals surface area contributed by atoms with Gasteiger partial charge in [0, 0.05) is 12.8 Å². The van der Waals surface area contributed by atoms with Crippen LogP contribution in [-0.2, 0) is 9.59 Å². The lowest BCUT2D eigenvalue weighted by Crippen LogP contribution is -2.16. The van der Waals surface area contributed by atoms with Gasteiger partial charge in [0.2, 0.25) is 0 Å². The molecule has 0 aromatic rings. The molecule has 0 aliphatic heterocycles. The molecule has 3 N–H and O–H groups in total. The Morgan fingerprint density at radius 2 is 0.610 bits per heavy atom. The first-order valence-corrected chi connectivity index (χ1v) is 17.6. The number of rotatable bonds is 34. The van der Waals surface area contributed by atoms with E-state index in [0.29, 0.717) is 12.8 Å². The van der Waals surface area contributed by atoms with E-state index in [1.54, 1.807) is 0 Å². The van der Waals surface area contributed by atoms with Crippen molar-refractivity contribution in [2.45, 2.75) is 180 Å². The van der Waals surface area contributed by atoms with Crippen molar-refractivity contribution in [2.75, 3.05) is 13.1 Å². The minimum atomic E-state index is -0.669. The van der Waals surface area contributed by atoms with Crippen LogP contribution in [-0.4, -0.2) is 35.2 Å². The fourth-order valence-corrected chi connectivity index (χ4v) is 5.17. The van der Waals surface area contributed by atoms with Gasteiger partial charge in [-0.3, -0.25) is 9.59 Å². The molecule has 0 fully saturated rings. The summed E-state index contributed by atoms with van der Waals surface area (Å²) in [6.07, 6.45) is 42.0. The topological polar surface area (TPSA) is 86.6 Å². The Labute approximate surface area is 254 Å². The largest absolute Gasteiger partial charge is 0.481 e. The quantitative estimate of drug-likeness (QED) is 0.0523. The van der Waals surface area contributed by atoms with E-state index >= 15 is 0 Å². The number of allylic oxidation sites excluding steroid dienone is 4. The summed E-state index contributed by atoms with van der Waals surface area (Å²) in [7, 11) is 0. The van der Waals surface area contributed by atoms with Crippen molar-refractivity contribution in [3.05, 3.63) is 24.3 Å². The number of hydrogen-bond donors (Lipinski definition) is 3. The SMILES string of the molecule is O=C(O)CCCCCCCC=CCCCCCCCCNCCCCCCCCC=CCCCCCCCC(=O)O. The summed E-state index contributed by atoms with van der Waals surface area (Å²) in [5.41, 5.74) is 0. The van der Waals surface area contributed by atoms with Crippen molar-refractivity contribution in [1.82, 2.24) is 5.32 Å². The summed E-state index contributed by atoms with van der Waals surface area (Å²) in [6.45, 7) is 2.36. The van der Waals surface area contributed by atoms with Crippen LogP contribution in [0.5, 0.6) is 0 Å². The van der Waals surface area contributed by atoms with Gasteiger partial charge in [-0.25, -0.2) is 0 Å². The minimum Gasteiger partial charge on any atom is -0.481 e. The molecule has 0 aromatic carbocycles. The number of hydrogen-bond acceptors (Lipinski definition) is 3. The second-order valence-electron chi connectivity index (χ2n) is 11.9. The summed E-state index contributed by atoms with van der Waals surface area (Å²) in [4.78, 5) is 20.9. The fraction of sp³-hybridized carbons (Fsp3) is 0.833. The second kappa shape index (κ2) is 34.6. The van der Waals surface area contributed by atoms with Gasteiger partial charge in [0.15, 0.2) is 0 Å². The number of aliphatic carboxylic acids is 2. The van der Waals surface area contributed by atoms with Crippen molar-refractivity contribution in [3.8, 4) is 0 Å². The molecule has 0 aromatic heterocycles. The maximum absolute atomic E-state index is 10.5. The van der Waals surface area contributed by atoms with Crippen LogP contribution in [0.4, 0.5) is 0 Å². The Balaban J connectivity index is 3.13. The zero-order valence-corrected chi connectivity index (χ0v) is 26.7. The first-order chi connectivity index (χ1) is 20.1. The van der Waals surface area contributed by atoms with Crippen LogP contribution in [0.15, 0.2) is 24.3 Å². The van der Waals surface area contributed by atoms with Gasteiger partial charge in [0.05, 0.1) is 0 Å². The van der Waals surface area contributed by atoms with Crippen molar-refractivity contribution < 1.29 is 19.8 Å². The smallest absolute Gasteiger partial charge is 0.303 e. The lowest BCUT2D eigenvalue weighted by atomic mass is 10.1. The standard InChI is InChI=1S/C36H67NO4/c38-35(39)31-27-23-19-15-11-7-3-1-5-9-13-17-21-25-29-33-37-34-30-26-22-18-14-10-6-2-4-8-12-16-20-24-28-32-36(40)41/h1-4,37H,5-34H2,(H,38,39)(H,40,41). The van der Waals surface area contributed by atoms with Crippen molar-refractivity contribution >= 4 is 11.9 Å². The number of carbonyl (C=O) groups is 2. The molecule has 5 heteroatoms. The van der Waals surface area contributed by atoms with Gasteiger partial charge in [-0.2, -0.15) is 0 Å². The average molecular weight is 578 g/mol. The van der Waals surface area contributed by atoms with Gasteiger partial charge in [-0.05, 0) is 90.1 Å². The molecule has 0 saturated heterocycles. The molecule has 0 aliphatic carbocycles. The summed E-state index contributed by atoms with van der Waals surface area (Å²) < 4.78 is 0. The first-order valence-electron chi connectivity index (χ1n) is 17.6. The van der Waals surface area contributed by atoms with Crippen LogP contribution in [0.2, 0.25) is 0 Å². The number of nitrogens with one attached hydrogen (secondary N) is 1. The predicted octanol–water partition coefficient (Wildman–Crippen LogP) is 10.8. The van der Waals surface area contributed by atoms with Crippen LogP contribution in [0, 0.1) is 0 Å². The molecule has 5 nitrogen and oxygen atoms in total. The van der Waals surface area contributed by atoms with E-state index < -0.39 is 11.9 Å². The zero-order chi connectivity index (χ0) is 29.9. The number of carboxylic acids is 2. The molecule has 0 atom stereocenters. The molecule has 0 bridgehead atoms. The van der Waals surface area contributed by atoms with Gasteiger partial charge >= 0.3 is 11.9 Å². The molecule has 0 unspecified atom stereocenters. The van der Waals surface area contributed by atoms with E-state index in [1.165, 1.54) is 154 Å². The Morgan fingerprint density at radius 1 is 0.366 bits per heavy atom. The highest BCUT2D eigenvalue weighted by Gasteiger charge is 1.97. The summed E-state index contributed by atoms with van der Waals surface area (Å²) in [5, 5.41) is 20.9. The first kappa shape index (κ1) is 39.4. The maximum Gasteiger partial charge on any atom is 0.303 e. The monoisotopic (exact) mass is 578 g/mol. The molecule has 240 valence electrons. The van der Waals surface area contributed by atoms with E-state index in [0.717, 1.165) is 25.7 Å². The van der Waals surface area contributed by atoms with Gasteiger partial charge in [-0.1, -0.05) is 114 Å². The highest BCUT2D eigenvalue weighted by molar-refractivity contribution is 5.66. The molecule has 0 rings (SSSR count). The van der Waals surface area contributed by atoms with Gasteiger partial charge in [0.25, 0.3) is 0 Å². The van der Waals surface area contributed by atoms with Crippen molar-refractivity contribution in [1.29, 1.82) is 0 Å². The van der Waals surface area contributed by atoms with E-state index in [4.69, 9.17) is 10.2 Å². The molecular formula is C36H67NO4.